The van der Waals surface area contributed by atoms with Crippen LogP contribution in [0.3, 0.4) is 0 Å². The molecule has 2 unspecified atom stereocenters. The first-order valence-corrected chi connectivity index (χ1v) is 5.11. The summed E-state index contributed by atoms with van der Waals surface area (Å²) < 4.78 is 0. The standard InChI is InChI=1S/C10H12N2O6/c13-9(11(15)16)5-7-2-1-3-8(4-7)6-10(14)12(17)18/h1-4,9-10,13-14H,5-6H2. The van der Waals surface area contributed by atoms with Crippen LogP contribution in [0, 0.1) is 20.2 Å². The molecule has 98 valence electrons. The summed E-state index contributed by atoms with van der Waals surface area (Å²) in [6, 6.07) is 6.17. The third-order valence-corrected chi connectivity index (χ3v) is 2.31. The molecule has 0 aliphatic heterocycles. The number of aliphatic hydroxyl groups is 2. The van der Waals surface area contributed by atoms with Gasteiger partial charge in [0.25, 0.3) is 0 Å². The van der Waals surface area contributed by atoms with Gasteiger partial charge in [-0.15, -0.1) is 0 Å². The maximum Gasteiger partial charge on any atom is 0.317 e. The number of rotatable bonds is 6. The number of nitrogens with zero attached hydrogens (tertiary/aromatic N) is 2. The minimum absolute atomic E-state index is 0.185. The quantitative estimate of drug-likeness (QED) is 0.417. The third kappa shape index (κ3) is 4.07. The van der Waals surface area contributed by atoms with E-state index in [1.807, 2.05) is 0 Å². The van der Waals surface area contributed by atoms with Crippen LogP contribution >= 0.6 is 0 Å². The highest BCUT2D eigenvalue weighted by molar-refractivity contribution is 5.24. The van der Waals surface area contributed by atoms with Crippen molar-refractivity contribution in [3.63, 3.8) is 0 Å². The molecule has 0 radical (unpaired) electrons. The smallest absolute Gasteiger partial charge is 0.317 e. The largest absolute Gasteiger partial charge is 0.333 e. The van der Waals surface area contributed by atoms with E-state index in [4.69, 9.17) is 10.2 Å². The molecule has 0 spiro atoms. The van der Waals surface area contributed by atoms with E-state index in [2.05, 4.69) is 0 Å². The Morgan fingerprint density at radius 1 is 1.00 bits per heavy atom. The van der Waals surface area contributed by atoms with Gasteiger partial charge in [0.15, 0.2) is 0 Å². The molecule has 1 aromatic carbocycles. The lowest BCUT2D eigenvalue weighted by atomic mass is 10.0. The maximum absolute atomic E-state index is 10.3. The summed E-state index contributed by atoms with van der Waals surface area (Å²) in [5.41, 5.74) is 0.958. The fraction of sp³-hybridized carbons (Fsp3) is 0.400. The number of nitro groups is 2. The fourth-order valence-corrected chi connectivity index (χ4v) is 1.45. The summed E-state index contributed by atoms with van der Waals surface area (Å²) in [6.07, 6.45) is -3.79. The summed E-state index contributed by atoms with van der Waals surface area (Å²) in [5, 5.41) is 38.7. The Bertz CT molecular complexity index is 412. The van der Waals surface area contributed by atoms with Gasteiger partial charge in [0.1, 0.15) is 0 Å². The molecule has 0 aromatic heterocycles. The Morgan fingerprint density at radius 3 is 1.72 bits per heavy atom. The van der Waals surface area contributed by atoms with Crippen LogP contribution in [0.4, 0.5) is 0 Å². The van der Waals surface area contributed by atoms with Crippen molar-refractivity contribution in [2.45, 2.75) is 25.3 Å². The Labute approximate surface area is 102 Å². The van der Waals surface area contributed by atoms with Gasteiger partial charge in [-0.2, -0.15) is 0 Å². The van der Waals surface area contributed by atoms with Crippen molar-refractivity contribution in [3.05, 3.63) is 55.6 Å². The molecule has 8 nitrogen and oxygen atoms in total. The molecule has 0 amide bonds. The molecule has 1 rings (SSSR count). The number of benzene rings is 1. The highest BCUT2D eigenvalue weighted by Gasteiger charge is 2.18. The van der Waals surface area contributed by atoms with E-state index in [1.165, 1.54) is 6.07 Å². The molecule has 0 aliphatic carbocycles. The molecule has 2 atom stereocenters. The Hall–Kier alpha value is -2.06. The van der Waals surface area contributed by atoms with Gasteiger partial charge < -0.3 is 10.2 Å². The highest BCUT2D eigenvalue weighted by atomic mass is 16.7. The van der Waals surface area contributed by atoms with E-state index in [-0.39, 0.29) is 12.8 Å². The van der Waals surface area contributed by atoms with Crippen molar-refractivity contribution in [3.8, 4) is 0 Å². The van der Waals surface area contributed by atoms with Crippen LogP contribution in [0.15, 0.2) is 24.3 Å². The van der Waals surface area contributed by atoms with Gasteiger partial charge in [0.05, 0.1) is 22.7 Å². The zero-order chi connectivity index (χ0) is 13.7. The monoisotopic (exact) mass is 256 g/mol. The lowest BCUT2D eigenvalue weighted by Gasteiger charge is -2.06. The first kappa shape index (κ1) is 14.0. The van der Waals surface area contributed by atoms with Gasteiger partial charge in [-0.3, -0.25) is 20.2 Å². The van der Waals surface area contributed by atoms with Gasteiger partial charge in [-0.1, -0.05) is 24.3 Å². The van der Waals surface area contributed by atoms with Crippen molar-refractivity contribution in [2.75, 3.05) is 0 Å². The Kier molecular flexibility index (Phi) is 4.69. The summed E-state index contributed by atoms with van der Waals surface area (Å²) >= 11 is 0. The lowest BCUT2D eigenvalue weighted by Crippen LogP contribution is -2.22. The number of hydrogen-bond donors (Lipinski definition) is 2. The lowest BCUT2D eigenvalue weighted by molar-refractivity contribution is -0.569. The predicted octanol–water partition coefficient (Wildman–Crippen LogP) is -0.0382. The van der Waals surface area contributed by atoms with Crippen LogP contribution in [-0.2, 0) is 12.8 Å². The van der Waals surface area contributed by atoms with Crippen LogP contribution in [0.25, 0.3) is 0 Å². The van der Waals surface area contributed by atoms with Crippen molar-refractivity contribution >= 4 is 0 Å². The average Bonchev–Trinajstić information content (AvgIpc) is 2.29. The van der Waals surface area contributed by atoms with Crippen molar-refractivity contribution in [1.29, 1.82) is 0 Å². The Balaban J connectivity index is 2.73. The van der Waals surface area contributed by atoms with Crippen LogP contribution in [0.2, 0.25) is 0 Å². The molecule has 0 bridgehead atoms. The van der Waals surface area contributed by atoms with E-state index < -0.39 is 22.3 Å². The minimum atomic E-state index is -1.71. The summed E-state index contributed by atoms with van der Waals surface area (Å²) in [4.78, 5) is 18.9. The molecule has 8 heteroatoms. The summed E-state index contributed by atoms with van der Waals surface area (Å²) in [6.45, 7) is 0. The second-order valence-electron chi connectivity index (χ2n) is 3.76. The molecule has 1 aromatic rings. The van der Waals surface area contributed by atoms with Gasteiger partial charge in [0, 0.05) is 0 Å². The van der Waals surface area contributed by atoms with E-state index in [0.717, 1.165) is 0 Å². The van der Waals surface area contributed by atoms with E-state index >= 15 is 0 Å². The van der Waals surface area contributed by atoms with Crippen LogP contribution in [0.1, 0.15) is 11.1 Å². The van der Waals surface area contributed by atoms with E-state index in [9.17, 15) is 20.2 Å². The number of hydrogen-bond acceptors (Lipinski definition) is 6. The average molecular weight is 256 g/mol. The Morgan fingerprint density at radius 2 is 1.39 bits per heavy atom. The van der Waals surface area contributed by atoms with Gasteiger partial charge in [-0.05, 0) is 11.1 Å². The van der Waals surface area contributed by atoms with Gasteiger partial charge in [-0.25, -0.2) is 0 Å². The molecule has 0 saturated heterocycles. The highest BCUT2D eigenvalue weighted by Crippen LogP contribution is 2.10. The minimum Gasteiger partial charge on any atom is -0.333 e. The normalized spacial score (nSPS) is 13.9. The first-order chi connectivity index (χ1) is 8.40. The second kappa shape index (κ2) is 6.03. The molecular formula is C10H12N2O6. The molecule has 18 heavy (non-hydrogen) atoms. The molecule has 0 saturated carbocycles. The molecule has 2 N–H and O–H groups in total. The van der Waals surface area contributed by atoms with Crippen LogP contribution < -0.4 is 0 Å². The van der Waals surface area contributed by atoms with Gasteiger partial charge >= 0.3 is 12.5 Å². The van der Waals surface area contributed by atoms with Crippen molar-refractivity contribution < 1.29 is 20.1 Å². The fourth-order valence-electron chi connectivity index (χ4n) is 1.45. The molecule has 0 heterocycles. The van der Waals surface area contributed by atoms with E-state index in [1.54, 1.807) is 18.2 Å². The molecular weight excluding hydrogens is 244 g/mol. The maximum atomic E-state index is 10.3. The van der Waals surface area contributed by atoms with Crippen LogP contribution in [-0.4, -0.2) is 32.5 Å². The SMILES string of the molecule is O=[N+]([O-])C(O)Cc1cccc(CC(O)[N+](=O)[O-])c1. The zero-order valence-electron chi connectivity index (χ0n) is 9.30. The number of aliphatic hydroxyl groups excluding tert-OH is 2. The van der Waals surface area contributed by atoms with Crippen molar-refractivity contribution in [1.82, 2.24) is 0 Å². The molecule has 0 fully saturated rings. The zero-order valence-corrected chi connectivity index (χ0v) is 9.30. The third-order valence-electron chi connectivity index (χ3n) is 2.31. The van der Waals surface area contributed by atoms with E-state index in [0.29, 0.717) is 11.1 Å². The summed E-state index contributed by atoms with van der Waals surface area (Å²) in [5.74, 6) is 0. The molecule has 0 aliphatic rings. The second-order valence-corrected chi connectivity index (χ2v) is 3.76. The van der Waals surface area contributed by atoms with Crippen LogP contribution in [0.5, 0.6) is 0 Å². The predicted molar refractivity (Wildman–Crippen MR) is 59.9 cm³/mol. The summed E-state index contributed by atoms with van der Waals surface area (Å²) in [7, 11) is 0. The topological polar surface area (TPSA) is 127 Å². The van der Waals surface area contributed by atoms with Gasteiger partial charge in [0.2, 0.25) is 0 Å². The first-order valence-electron chi connectivity index (χ1n) is 5.11. The van der Waals surface area contributed by atoms with Crippen molar-refractivity contribution in [2.24, 2.45) is 0 Å².